The van der Waals surface area contributed by atoms with Gasteiger partial charge in [0.2, 0.25) is 0 Å². The Kier molecular flexibility index (Phi) is 5.30. The summed E-state index contributed by atoms with van der Waals surface area (Å²) >= 11 is 12.2. The van der Waals surface area contributed by atoms with Gasteiger partial charge in [0.05, 0.1) is 15.7 Å². The fourth-order valence-electron chi connectivity index (χ4n) is 3.37. The molecular formula is C21H19Cl2N3O. The van der Waals surface area contributed by atoms with Crippen LogP contribution in [0.2, 0.25) is 10.0 Å². The Bertz CT molecular complexity index is 949. The van der Waals surface area contributed by atoms with Gasteiger partial charge in [-0.15, -0.1) is 0 Å². The molecule has 0 aliphatic carbocycles. The van der Waals surface area contributed by atoms with Crippen LogP contribution in [0.1, 0.15) is 23.7 Å². The van der Waals surface area contributed by atoms with Crippen LogP contribution in [0.3, 0.4) is 0 Å². The summed E-state index contributed by atoms with van der Waals surface area (Å²) in [5.74, 6) is 0.725. The Labute approximate surface area is 168 Å². The number of hydrogen-bond acceptors (Lipinski definition) is 4. The number of ether oxygens (including phenoxy) is 1. The number of aromatic nitrogens is 2. The zero-order valence-electron chi connectivity index (χ0n) is 14.9. The normalized spacial score (nSPS) is 17.2. The third-order valence-electron chi connectivity index (χ3n) is 4.74. The van der Waals surface area contributed by atoms with Gasteiger partial charge in [-0.25, -0.2) is 0 Å². The Hall–Kier alpha value is -2.14. The van der Waals surface area contributed by atoms with Crippen LogP contribution in [0.15, 0.2) is 54.7 Å². The number of rotatable bonds is 3. The predicted molar refractivity (Wildman–Crippen MR) is 108 cm³/mol. The highest BCUT2D eigenvalue weighted by molar-refractivity contribution is 6.42. The van der Waals surface area contributed by atoms with Gasteiger partial charge in [0.15, 0.2) is 0 Å². The second-order valence-electron chi connectivity index (χ2n) is 6.73. The Morgan fingerprint density at radius 1 is 1.07 bits per heavy atom. The van der Waals surface area contributed by atoms with E-state index in [1.165, 1.54) is 11.1 Å². The van der Waals surface area contributed by atoms with E-state index in [0.29, 0.717) is 10.0 Å². The molecule has 0 saturated carbocycles. The molecule has 6 heteroatoms. The van der Waals surface area contributed by atoms with Gasteiger partial charge in [-0.2, -0.15) is 10.2 Å². The highest BCUT2D eigenvalue weighted by Crippen LogP contribution is 2.35. The summed E-state index contributed by atoms with van der Waals surface area (Å²) in [6, 6.07) is 15.7. The van der Waals surface area contributed by atoms with E-state index in [4.69, 9.17) is 27.9 Å². The smallest absolute Gasteiger partial charge is 0.125 e. The number of nitrogens with zero attached hydrogens (tertiary/aromatic N) is 3. The molecule has 0 amide bonds. The first kappa shape index (κ1) is 18.2. The van der Waals surface area contributed by atoms with Crippen molar-refractivity contribution in [2.24, 2.45) is 0 Å². The molecule has 1 aliphatic rings. The molecule has 1 atom stereocenters. The van der Waals surface area contributed by atoms with E-state index >= 15 is 0 Å². The van der Waals surface area contributed by atoms with Crippen LogP contribution < -0.4 is 4.74 Å². The van der Waals surface area contributed by atoms with Crippen LogP contribution in [0.5, 0.6) is 5.75 Å². The fraction of sp³-hybridized carbons (Fsp3) is 0.238. The first-order valence-corrected chi connectivity index (χ1v) is 9.57. The van der Waals surface area contributed by atoms with Crippen molar-refractivity contribution in [1.29, 1.82) is 0 Å². The second kappa shape index (κ2) is 7.85. The SMILES string of the molecule is CN1CCC(Oc2ccc(Cl)c(Cl)c2)c2ccc(-c3cccnn3)cc2C1. The van der Waals surface area contributed by atoms with Gasteiger partial charge in [-0.3, -0.25) is 0 Å². The molecule has 1 aromatic heterocycles. The van der Waals surface area contributed by atoms with Gasteiger partial charge in [-0.05, 0) is 48.5 Å². The average molecular weight is 400 g/mol. The van der Waals surface area contributed by atoms with Gasteiger partial charge in [0, 0.05) is 37.3 Å². The van der Waals surface area contributed by atoms with E-state index in [9.17, 15) is 0 Å². The van der Waals surface area contributed by atoms with Crippen LogP contribution in [-0.4, -0.2) is 28.7 Å². The minimum absolute atomic E-state index is 0.0434. The van der Waals surface area contributed by atoms with E-state index in [0.717, 1.165) is 36.5 Å². The van der Waals surface area contributed by atoms with Crippen molar-refractivity contribution in [3.8, 4) is 17.0 Å². The summed E-state index contributed by atoms with van der Waals surface area (Å²) < 4.78 is 6.29. The van der Waals surface area contributed by atoms with Crippen molar-refractivity contribution in [1.82, 2.24) is 15.1 Å². The first-order valence-electron chi connectivity index (χ1n) is 8.81. The van der Waals surface area contributed by atoms with E-state index in [1.807, 2.05) is 18.2 Å². The van der Waals surface area contributed by atoms with Crippen molar-refractivity contribution in [3.63, 3.8) is 0 Å². The van der Waals surface area contributed by atoms with Gasteiger partial charge < -0.3 is 9.64 Å². The second-order valence-corrected chi connectivity index (χ2v) is 7.55. The average Bonchev–Trinajstić information content (AvgIpc) is 2.83. The largest absolute Gasteiger partial charge is 0.486 e. The monoisotopic (exact) mass is 399 g/mol. The number of hydrogen-bond donors (Lipinski definition) is 0. The maximum atomic E-state index is 6.29. The Morgan fingerprint density at radius 2 is 1.96 bits per heavy atom. The molecule has 0 N–H and O–H groups in total. The van der Waals surface area contributed by atoms with Crippen LogP contribution >= 0.6 is 23.2 Å². The van der Waals surface area contributed by atoms with E-state index < -0.39 is 0 Å². The minimum Gasteiger partial charge on any atom is -0.486 e. The molecule has 27 heavy (non-hydrogen) atoms. The lowest BCUT2D eigenvalue weighted by Gasteiger charge is -2.20. The zero-order chi connectivity index (χ0) is 18.8. The molecule has 2 aromatic carbocycles. The summed E-state index contributed by atoms with van der Waals surface area (Å²) in [6.07, 6.45) is 2.54. The lowest BCUT2D eigenvalue weighted by molar-refractivity contribution is 0.182. The van der Waals surface area contributed by atoms with Gasteiger partial charge in [-0.1, -0.05) is 35.3 Å². The molecule has 0 saturated heterocycles. The molecule has 2 heterocycles. The molecule has 0 bridgehead atoms. The number of halogens is 2. The Balaban J connectivity index is 1.68. The molecule has 3 aromatic rings. The van der Waals surface area contributed by atoms with Gasteiger partial charge >= 0.3 is 0 Å². The molecule has 1 unspecified atom stereocenters. The van der Waals surface area contributed by atoms with Crippen molar-refractivity contribution in [3.05, 3.63) is 75.9 Å². The van der Waals surface area contributed by atoms with Crippen LogP contribution in [0, 0.1) is 0 Å². The summed E-state index contributed by atoms with van der Waals surface area (Å²) in [4.78, 5) is 2.30. The topological polar surface area (TPSA) is 38.2 Å². The van der Waals surface area contributed by atoms with Crippen LogP contribution in [0.4, 0.5) is 0 Å². The highest BCUT2D eigenvalue weighted by atomic mass is 35.5. The molecule has 0 radical (unpaired) electrons. The third-order valence-corrected chi connectivity index (χ3v) is 5.48. The number of fused-ring (bicyclic) bond motifs is 1. The van der Waals surface area contributed by atoms with Gasteiger partial charge in [0.25, 0.3) is 0 Å². The summed E-state index contributed by atoms with van der Waals surface area (Å²) in [5.41, 5.74) is 4.36. The minimum atomic E-state index is -0.0434. The first-order chi connectivity index (χ1) is 13.1. The van der Waals surface area contributed by atoms with Crippen LogP contribution in [-0.2, 0) is 6.54 Å². The maximum Gasteiger partial charge on any atom is 0.125 e. The molecule has 0 fully saturated rings. The highest BCUT2D eigenvalue weighted by Gasteiger charge is 2.23. The lowest BCUT2D eigenvalue weighted by atomic mass is 9.97. The van der Waals surface area contributed by atoms with Crippen LogP contribution in [0.25, 0.3) is 11.3 Å². The molecule has 138 valence electrons. The van der Waals surface area contributed by atoms with Crippen molar-refractivity contribution in [2.45, 2.75) is 19.1 Å². The fourth-order valence-corrected chi connectivity index (χ4v) is 3.66. The summed E-state index contributed by atoms with van der Waals surface area (Å²) in [7, 11) is 2.13. The van der Waals surface area contributed by atoms with Gasteiger partial charge in [0.1, 0.15) is 11.9 Å². The summed E-state index contributed by atoms with van der Waals surface area (Å²) in [5, 5.41) is 9.23. The Morgan fingerprint density at radius 3 is 2.74 bits per heavy atom. The van der Waals surface area contributed by atoms with E-state index in [1.54, 1.807) is 18.3 Å². The van der Waals surface area contributed by atoms with Crippen molar-refractivity contribution >= 4 is 23.2 Å². The molecule has 4 rings (SSSR count). The molecule has 4 nitrogen and oxygen atoms in total. The zero-order valence-corrected chi connectivity index (χ0v) is 16.4. The van der Waals surface area contributed by atoms with Crippen molar-refractivity contribution < 1.29 is 4.74 Å². The standard InChI is InChI=1S/C21H19Cl2N3O/c1-26-10-8-21(27-16-5-7-18(22)19(23)12-16)17-6-4-14(11-15(17)13-26)20-3-2-9-24-25-20/h2-7,9,11-12,21H,8,10,13H2,1H3. The quantitative estimate of drug-likeness (QED) is 0.590. The van der Waals surface area contributed by atoms with E-state index in [2.05, 4.69) is 40.3 Å². The summed E-state index contributed by atoms with van der Waals surface area (Å²) in [6.45, 7) is 1.81. The maximum absolute atomic E-state index is 6.29. The number of benzene rings is 2. The predicted octanol–water partition coefficient (Wildman–Crippen LogP) is 5.41. The van der Waals surface area contributed by atoms with E-state index in [-0.39, 0.29) is 6.10 Å². The molecule has 0 spiro atoms. The third kappa shape index (κ3) is 4.08. The van der Waals surface area contributed by atoms with Crippen molar-refractivity contribution in [2.75, 3.05) is 13.6 Å². The molecular weight excluding hydrogens is 381 g/mol. The lowest BCUT2D eigenvalue weighted by Crippen LogP contribution is -2.18. The molecule has 1 aliphatic heterocycles.